The third kappa shape index (κ3) is 4.31. The molecule has 1 aromatic carbocycles. The molecular weight excluding hydrogens is 327 g/mol. The van der Waals surface area contributed by atoms with Gasteiger partial charge in [0, 0.05) is 38.4 Å². The third-order valence-corrected chi connectivity index (χ3v) is 3.29. The van der Waals surface area contributed by atoms with Crippen LogP contribution in [0.3, 0.4) is 0 Å². The van der Waals surface area contributed by atoms with Gasteiger partial charge in [-0.25, -0.2) is 0 Å². The van der Waals surface area contributed by atoms with E-state index in [1.807, 2.05) is 0 Å². The van der Waals surface area contributed by atoms with Gasteiger partial charge >= 0.3 is 12.1 Å². The summed E-state index contributed by atoms with van der Waals surface area (Å²) in [6, 6.07) is 6.26. The minimum atomic E-state index is -4.68. The van der Waals surface area contributed by atoms with E-state index in [9.17, 15) is 18.0 Å². The SMILES string of the molecule is COCCCC(=O)N(C)c1ccc(-c2noc(C(F)(F)F)n2)cc1. The standard InChI is InChI=1S/C15H16F3N3O3/c1-21(12(22)4-3-9-23-2)11-7-5-10(6-8-11)13-19-14(24-20-13)15(16,17)18/h5-8H,3-4,9H2,1-2H3. The van der Waals surface area contributed by atoms with Gasteiger partial charge in [0.25, 0.3) is 0 Å². The molecule has 9 heteroatoms. The molecule has 2 aromatic rings. The Balaban J connectivity index is 2.07. The van der Waals surface area contributed by atoms with E-state index in [2.05, 4.69) is 14.7 Å². The average molecular weight is 343 g/mol. The highest BCUT2D eigenvalue weighted by Gasteiger charge is 2.38. The first-order valence-corrected chi connectivity index (χ1v) is 7.09. The van der Waals surface area contributed by atoms with Gasteiger partial charge in [-0.3, -0.25) is 4.79 Å². The predicted octanol–water partition coefficient (Wildman–Crippen LogP) is 3.14. The van der Waals surface area contributed by atoms with Crippen molar-refractivity contribution < 1.29 is 27.2 Å². The molecule has 0 saturated carbocycles. The number of carbonyl (C=O) groups is 1. The summed E-state index contributed by atoms with van der Waals surface area (Å²) < 4.78 is 46.4. The Morgan fingerprint density at radius 2 is 1.96 bits per heavy atom. The summed E-state index contributed by atoms with van der Waals surface area (Å²) in [5.41, 5.74) is 0.971. The summed E-state index contributed by atoms with van der Waals surface area (Å²) in [6.07, 6.45) is -3.73. The maximum Gasteiger partial charge on any atom is 0.471 e. The van der Waals surface area contributed by atoms with Crippen molar-refractivity contribution in [2.45, 2.75) is 19.0 Å². The van der Waals surface area contributed by atoms with Gasteiger partial charge in [0.2, 0.25) is 11.7 Å². The number of carbonyl (C=O) groups excluding carboxylic acids is 1. The molecule has 1 amide bonds. The Morgan fingerprint density at radius 1 is 1.29 bits per heavy atom. The first kappa shape index (κ1) is 17.9. The fourth-order valence-corrected chi connectivity index (χ4v) is 1.97. The number of rotatable bonds is 6. The number of alkyl halides is 3. The normalized spacial score (nSPS) is 11.5. The van der Waals surface area contributed by atoms with E-state index in [0.29, 0.717) is 30.7 Å². The summed E-state index contributed by atoms with van der Waals surface area (Å²) in [5, 5.41) is 3.31. The molecule has 130 valence electrons. The quantitative estimate of drug-likeness (QED) is 0.754. The number of methoxy groups -OCH3 is 1. The molecule has 0 bridgehead atoms. The summed E-state index contributed by atoms with van der Waals surface area (Å²) in [4.78, 5) is 16.8. The second kappa shape index (κ2) is 7.43. The molecule has 0 unspecified atom stereocenters. The van der Waals surface area contributed by atoms with Gasteiger partial charge in [0.05, 0.1) is 0 Å². The molecule has 24 heavy (non-hydrogen) atoms. The molecule has 6 nitrogen and oxygen atoms in total. The Morgan fingerprint density at radius 3 is 2.50 bits per heavy atom. The summed E-state index contributed by atoms with van der Waals surface area (Å²) in [5.74, 6) is -1.64. The number of halogens is 3. The monoisotopic (exact) mass is 343 g/mol. The van der Waals surface area contributed by atoms with E-state index >= 15 is 0 Å². The van der Waals surface area contributed by atoms with E-state index in [1.165, 1.54) is 17.0 Å². The van der Waals surface area contributed by atoms with Crippen LogP contribution in [-0.4, -0.2) is 36.8 Å². The van der Waals surface area contributed by atoms with Crippen molar-refractivity contribution in [1.82, 2.24) is 10.1 Å². The summed E-state index contributed by atoms with van der Waals surface area (Å²) in [7, 11) is 3.19. The van der Waals surface area contributed by atoms with Crippen molar-refractivity contribution in [1.29, 1.82) is 0 Å². The van der Waals surface area contributed by atoms with E-state index in [4.69, 9.17) is 4.74 Å². The number of ether oxygens (including phenoxy) is 1. The van der Waals surface area contributed by atoms with E-state index in [-0.39, 0.29) is 11.7 Å². The number of amides is 1. The Bertz CT molecular complexity index is 683. The molecule has 0 aliphatic heterocycles. The number of aromatic nitrogens is 2. The van der Waals surface area contributed by atoms with Gasteiger partial charge in [-0.2, -0.15) is 18.2 Å². The smallest absolute Gasteiger partial charge is 0.385 e. The van der Waals surface area contributed by atoms with Crippen LogP contribution in [0.25, 0.3) is 11.4 Å². The molecule has 1 aromatic heterocycles. The third-order valence-electron chi connectivity index (χ3n) is 3.29. The predicted molar refractivity (Wildman–Crippen MR) is 79.3 cm³/mol. The minimum absolute atomic E-state index is 0.0845. The molecule has 0 spiro atoms. The lowest BCUT2D eigenvalue weighted by molar-refractivity contribution is -0.159. The van der Waals surface area contributed by atoms with Crippen molar-refractivity contribution in [2.24, 2.45) is 0 Å². The Hall–Kier alpha value is -2.42. The minimum Gasteiger partial charge on any atom is -0.385 e. The topological polar surface area (TPSA) is 68.5 Å². The summed E-state index contributed by atoms with van der Waals surface area (Å²) >= 11 is 0. The number of nitrogens with zero attached hydrogens (tertiary/aromatic N) is 3. The maximum absolute atomic E-state index is 12.5. The second-order valence-electron chi connectivity index (χ2n) is 5.02. The van der Waals surface area contributed by atoms with Gasteiger partial charge in [0.1, 0.15) is 0 Å². The molecular formula is C15H16F3N3O3. The van der Waals surface area contributed by atoms with Crippen LogP contribution >= 0.6 is 0 Å². The lowest BCUT2D eigenvalue weighted by Crippen LogP contribution is -2.26. The van der Waals surface area contributed by atoms with Gasteiger partial charge in [-0.05, 0) is 30.7 Å². The zero-order chi connectivity index (χ0) is 17.7. The van der Waals surface area contributed by atoms with Gasteiger partial charge in [0.15, 0.2) is 0 Å². The molecule has 2 rings (SSSR count). The highest BCUT2D eigenvalue weighted by atomic mass is 19.4. The molecule has 0 fully saturated rings. The van der Waals surface area contributed by atoms with Gasteiger partial charge in [-0.1, -0.05) is 5.16 Å². The zero-order valence-corrected chi connectivity index (χ0v) is 13.1. The molecule has 0 saturated heterocycles. The van der Waals surface area contributed by atoms with Gasteiger partial charge in [-0.15, -0.1) is 0 Å². The Labute approximate surface area is 136 Å². The highest BCUT2D eigenvalue weighted by Crippen LogP contribution is 2.29. The largest absolute Gasteiger partial charge is 0.471 e. The molecule has 0 radical (unpaired) electrons. The number of benzene rings is 1. The van der Waals surface area contributed by atoms with Crippen LogP contribution in [0.5, 0.6) is 0 Å². The van der Waals surface area contributed by atoms with Crippen molar-refractivity contribution in [3.8, 4) is 11.4 Å². The van der Waals surface area contributed by atoms with E-state index in [0.717, 1.165) is 0 Å². The zero-order valence-electron chi connectivity index (χ0n) is 13.1. The van der Waals surface area contributed by atoms with Crippen molar-refractivity contribution in [3.63, 3.8) is 0 Å². The number of hydrogen-bond donors (Lipinski definition) is 0. The number of hydrogen-bond acceptors (Lipinski definition) is 5. The number of anilines is 1. The van der Waals surface area contributed by atoms with Crippen molar-refractivity contribution >= 4 is 11.6 Å². The second-order valence-corrected chi connectivity index (χ2v) is 5.02. The van der Waals surface area contributed by atoms with Crippen LogP contribution in [-0.2, 0) is 15.7 Å². The van der Waals surface area contributed by atoms with Crippen LogP contribution in [0.2, 0.25) is 0 Å². The molecule has 0 aliphatic rings. The van der Waals surface area contributed by atoms with Crippen LogP contribution in [0.15, 0.2) is 28.8 Å². The van der Waals surface area contributed by atoms with Crippen LogP contribution in [0, 0.1) is 0 Å². The van der Waals surface area contributed by atoms with Gasteiger partial charge < -0.3 is 14.2 Å². The molecule has 0 aliphatic carbocycles. The maximum atomic E-state index is 12.5. The van der Waals surface area contributed by atoms with E-state index < -0.39 is 12.1 Å². The van der Waals surface area contributed by atoms with Crippen LogP contribution in [0.1, 0.15) is 18.7 Å². The van der Waals surface area contributed by atoms with Crippen molar-refractivity contribution in [2.75, 3.05) is 25.7 Å². The first-order chi connectivity index (χ1) is 11.3. The fourth-order valence-electron chi connectivity index (χ4n) is 1.97. The molecule has 1 heterocycles. The molecule has 0 N–H and O–H groups in total. The first-order valence-electron chi connectivity index (χ1n) is 7.09. The lowest BCUT2D eigenvalue weighted by Gasteiger charge is -2.17. The van der Waals surface area contributed by atoms with Crippen LogP contribution in [0.4, 0.5) is 18.9 Å². The van der Waals surface area contributed by atoms with E-state index in [1.54, 1.807) is 26.3 Å². The highest BCUT2D eigenvalue weighted by molar-refractivity contribution is 5.92. The lowest BCUT2D eigenvalue weighted by atomic mass is 10.2. The average Bonchev–Trinajstić information content (AvgIpc) is 3.05. The van der Waals surface area contributed by atoms with Crippen LogP contribution < -0.4 is 4.90 Å². The Kier molecular flexibility index (Phi) is 5.55. The van der Waals surface area contributed by atoms with Crippen molar-refractivity contribution in [3.05, 3.63) is 30.2 Å². The fraction of sp³-hybridized carbons (Fsp3) is 0.400. The summed E-state index contributed by atoms with van der Waals surface area (Å²) in [6.45, 7) is 0.498. The molecule has 0 atom stereocenters.